The normalized spacial score (nSPS) is 25.1. The quantitative estimate of drug-likeness (QED) is 0.0144. The molecule has 16 N–H and O–H groups in total. The number of nitrogens with zero attached hydrogens (tertiary/aromatic N) is 13. The van der Waals surface area contributed by atoms with Crippen LogP contribution in [-0.2, 0) is 35.0 Å². The Kier molecular flexibility index (Phi) is 40.0. The predicted octanol–water partition coefficient (Wildman–Crippen LogP) is 11.1. The van der Waals surface area contributed by atoms with Crippen LogP contribution in [0.3, 0.4) is 0 Å². The zero-order chi connectivity index (χ0) is 95.3. The Morgan fingerprint density at radius 3 is 1.19 bits per heavy atom. The van der Waals surface area contributed by atoms with Gasteiger partial charge in [-0.2, -0.15) is 9.97 Å². The van der Waals surface area contributed by atoms with Gasteiger partial charge in [-0.05, 0) is 192 Å². The van der Waals surface area contributed by atoms with Crippen molar-refractivity contribution in [3.8, 4) is 34.4 Å². The highest BCUT2D eigenvalue weighted by atomic mass is 16.5. The number of carbonyl (C=O) groups is 2. The van der Waals surface area contributed by atoms with E-state index in [2.05, 4.69) is 89.5 Å². The van der Waals surface area contributed by atoms with Gasteiger partial charge in [0.15, 0.2) is 11.6 Å². The highest BCUT2D eigenvalue weighted by Crippen LogP contribution is 2.38. The lowest BCUT2D eigenvalue weighted by Gasteiger charge is -2.41. The number of hydrogen-bond donors (Lipinski definition) is 12. The van der Waals surface area contributed by atoms with Crippen LogP contribution in [0.25, 0.3) is 34.4 Å². The second-order valence-electron chi connectivity index (χ2n) is 38.7. The van der Waals surface area contributed by atoms with Crippen molar-refractivity contribution in [2.75, 3.05) is 109 Å². The molecular formula is C100H158N22O12. The second-order valence-corrected chi connectivity index (χ2v) is 38.7. The molecule has 5 saturated heterocycles. The van der Waals surface area contributed by atoms with Gasteiger partial charge in [0.05, 0.1) is 67.6 Å². The van der Waals surface area contributed by atoms with E-state index in [1.807, 2.05) is 76.1 Å². The van der Waals surface area contributed by atoms with Crippen molar-refractivity contribution < 1.29 is 57.3 Å². The van der Waals surface area contributed by atoms with Crippen molar-refractivity contribution in [1.82, 2.24) is 76.6 Å². The SMILES string of the molecule is CCc1noc(-c2cc(C)cnc2N2CC[C@@H](NC3CCCCC3)[C@H](O)C2)n1.COC(=O)C(/C=C(/C)N)=C(/N)N1CCC(NC2CCCCC2)C(OC)C1.COC(=O)C(/C=C(/C)N)=C(/N)N1CC[C@@H](NC2CCCCC2)[C@H](O)C1.COC1CN(c2nc(C)c(C)cc2-c2nc(C)no2)CCC1NC1CCCCC1.Cc1cnc(N2CC[C@@H](NC3CCCCC3)[C@H](O)C2)c(-c2ncco2)c1. The van der Waals surface area contributed by atoms with E-state index in [0.29, 0.717) is 133 Å². The Labute approximate surface area is 793 Å². The summed E-state index contributed by atoms with van der Waals surface area (Å²) < 4.78 is 37.8. The number of nitrogens with two attached hydrogens (primary N) is 4. The molecule has 0 aromatic carbocycles. The number of oxazole rings is 1. The van der Waals surface area contributed by atoms with E-state index >= 15 is 0 Å². The van der Waals surface area contributed by atoms with Crippen LogP contribution in [0.15, 0.2) is 103 Å². The molecule has 5 aliphatic carbocycles. The fourth-order valence-electron chi connectivity index (χ4n) is 20.7. The first-order chi connectivity index (χ1) is 64.8. The van der Waals surface area contributed by atoms with Crippen LogP contribution in [0.4, 0.5) is 17.5 Å². The molecular weight excluding hydrogens is 1700 g/mol. The van der Waals surface area contributed by atoms with Gasteiger partial charge in [-0.25, -0.2) is 29.5 Å². The lowest BCUT2D eigenvalue weighted by molar-refractivity contribution is -0.136. The molecule has 0 amide bonds. The Balaban J connectivity index is 0.000000151. The molecule has 740 valence electrons. The van der Waals surface area contributed by atoms with Gasteiger partial charge in [0.2, 0.25) is 5.89 Å². The molecule has 6 aromatic heterocycles. The summed E-state index contributed by atoms with van der Waals surface area (Å²) in [6.07, 6.45) is 46.2. The third kappa shape index (κ3) is 29.4. The molecule has 34 nitrogen and oxygen atoms in total. The average Bonchev–Trinajstić information content (AvgIpc) is 1.40. The van der Waals surface area contributed by atoms with E-state index in [-0.39, 0.29) is 35.9 Å². The minimum Gasteiger partial charge on any atom is -0.465 e. The summed E-state index contributed by atoms with van der Waals surface area (Å²) in [6.45, 7) is 22.4. The van der Waals surface area contributed by atoms with Gasteiger partial charge < -0.3 is 122 Å². The van der Waals surface area contributed by atoms with Crippen molar-refractivity contribution in [3.63, 3.8) is 0 Å². The summed E-state index contributed by atoms with van der Waals surface area (Å²) in [5, 5.41) is 58.8. The molecule has 11 heterocycles. The number of aromatic nitrogens is 8. The first-order valence-corrected chi connectivity index (χ1v) is 49.9. The smallest absolute Gasteiger partial charge is 0.341 e. The van der Waals surface area contributed by atoms with Crippen LogP contribution in [0.1, 0.15) is 247 Å². The molecule has 16 rings (SSSR count). The Bertz CT molecular complexity index is 4730. The lowest BCUT2D eigenvalue weighted by Crippen LogP contribution is -2.56. The summed E-state index contributed by atoms with van der Waals surface area (Å²) in [7, 11) is 6.20. The maximum absolute atomic E-state index is 12.1. The molecule has 0 bridgehead atoms. The molecule has 0 radical (unpaired) electrons. The Hall–Kier alpha value is -9.36. The summed E-state index contributed by atoms with van der Waals surface area (Å²) in [5.74, 6) is 5.18. The number of β-amino-alcohol motifs (C(OH)–C–C–N with tert-alkyl or cyclic N) is 3. The molecule has 10 fully saturated rings. The summed E-state index contributed by atoms with van der Waals surface area (Å²) >= 11 is 0. The minimum atomic E-state index is -0.531. The van der Waals surface area contributed by atoms with Crippen LogP contribution < -0.4 is 64.2 Å². The third-order valence-corrected chi connectivity index (χ3v) is 28.3. The maximum Gasteiger partial charge on any atom is 0.341 e. The van der Waals surface area contributed by atoms with Crippen LogP contribution in [0, 0.1) is 34.6 Å². The highest BCUT2D eigenvalue weighted by molar-refractivity contribution is 5.93. The van der Waals surface area contributed by atoms with E-state index < -0.39 is 30.3 Å². The monoisotopic (exact) mass is 1860 g/mol. The number of hydrogen-bond acceptors (Lipinski definition) is 34. The van der Waals surface area contributed by atoms with Gasteiger partial charge in [-0.3, -0.25) is 0 Å². The molecule has 34 heteroatoms. The number of pyridine rings is 3. The van der Waals surface area contributed by atoms with Crippen molar-refractivity contribution in [3.05, 3.63) is 123 Å². The van der Waals surface area contributed by atoms with Crippen LogP contribution in [0.5, 0.6) is 0 Å². The zero-order valence-corrected chi connectivity index (χ0v) is 82.0. The van der Waals surface area contributed by atoms with Crippen molar-refractivity contribution in [2.24, 2.45) is 22.9 Å². The van der Waals surface area contributed by atoms with Crippen molar-refractivity contribution in [1.29, 1.82) is 0 Å². The number of likely N-dealkylation sites (tertiary alicyclic amines) is 2. The minimum absolute atomic E-state index is 0.0195. The molecule has 0 spiro atoms. The largest absolute Gasteiger partial charge is 0.465 e. The van der Waals surface area contributed by atoms with Gasteiger partial charge >= 0.3 is 11.9 Å². The highest BCUT2D eigenvalue weighted by Gasteiger charge is 2.40. The first-order valence-electron chi connectivity index (χ1n) is 49.9. The van der Waals surface area contributed by atoms with E-state index in [0.717, 1.165) is 128 Å². The first kappa shape index (κ1) is 104. The molecule has 10 atom stereocenters. The predicted molar refractivity (Wildman–Crippen MR) is 522 cm³/mol. The number of piperidine rings is 5. The second kappa shape index (κ2) is 51.7. The molecule has 134 heavy (non-hydrogen) atoms. The fourth-order valence-corrected chi connectivity index (χ4v) is 20.7. The van der Waals surface area contributed by atoms with Crippen LogP contribution in [0.2, 0.25) is 0 Å². The average molecular weight is 1860 g/mol. The van der Waals surface area contributed by atoms with Gasteiger partial charge in [-0.15, -0.1) is 0 Å². The number of ether oxygens (including phenoxy) is 4. The number of anilines is 3. The van der Waals surface area contributed by atoms with Gasteiger partial charge in [0.25, 0.3) is 11.8 Å². The number of allylic oxidation sites excluding steroid dienone is 2. The Morgan fingerprint density at radius 1 is 0.440 bits per heavy atom. The number of methoxy groups -OCH3 is 4. The van der Waals surface area contributed by atoms with E-state index in [1.54, 1.807) is 39.5 Å². The number of aryl methyl sites for hydroxylation is 6. The Morgan fingerprint density at radius 2 is 0.813 bits per heavy atom. The number of nitrogens with one attached hydrogen (secondary N) is 5. The van der Waals surface area contributed by atoms with Crippen molar-refractivity contribution >= 4 is 29.4 Å². The number of aliphatic hydroxyl groups excluding tert-OH is 3. The van der Waals surface area contributed by atoms with Crippen LogP contribution in [-0.4, -0.2) is 262 Å². The summed E-state index contributed by atoms with van der Waals surface area (Å²) in [6, 6.07) is 10.1. The molecule has 6 aromatic rings. The van der Waals surface area contributed by atoms with E-state index in [9.17, 15) is 24.9 Å². The van der Waals surface area contributed by atoms with E-state index in [1.165, 1.54) is 181 Å². The van der Waals surface area contributed by atoms with Crippen molar-refractivity contribution in [2.45, 2.75) is 345 Å². The molecule has 4 unspecified atom stereocenters. The zero-order valence-electron chi connectivity index (χ0n) is 82.0. The summed E-state index contributed by atoms with van der Waals surface area (Å²) in [5.41, 5.74) is 32.3. The lowest BCUT2D eigenvalue weighted by atomic mass is 9.92. The summed E-state index contributed by atoms with van der Waals surface area (Å²) in [4.78, 5) is 61.9. The molecule has 10 aliphatic rings. The van der Waals surface area contributed by atoms with Gasteiger partial charge in [0.1, 0.15) is 46.5 Å². The number of rotatable bonds is 25. The van der Waals surface area contributed by atoms with Crippen LogP contribution >= 0.6 is 0 Å². The third-order valence-electron chi connectivity index (χ3n) is 28.3. The van der Waals surface area contributed by atoms with Gasteiger partial charge in [-0.1, -0.05) is 114 Å². The maximum atomic E-state index is 12.1. The number of carbonyl (C=O) groups excluding carboxylic acids is 2. The topological polar surface area (TPSA) is 455 Å². The molecule has 5 aliphatic heterocycles. The number of esters is 2. The standard InChI is InChI=1S/C22H33N5O2.C21H31N5O2.C20H28N4O2.C19H34N4O3.C18H32N4O3/c1-14-12-18(22-24-16(3)26-29-22)21(23-15(14)2)27-11-10-19(20(13-27)28-4)25-17-8-6-5-7-9-17;1-3-19-24-21(28-25-19)16-11-14(2)12-22-20(16)26-10-9-17(18(27)13-26)23-15-7-5-4-6-8-15;1-14-11-16(20-21-8-10-26-20)19(22-12-14)24-9-7-17(18(25)13-24)23-15-5-3-2-4-6-15;1-13(20)11-15(19(24)26-3)18(21)23-10-9-16(17(12-23)25-2)22-14-7-5-4-6-8-14;1-12(19)10-14(18(24)25-2)17(20)22-9-8-15(16(23)11-22)21-13-6-4-3-5-7-13/h12,17,19-20,25H,5-11,13H2,1-4H3;11-12,15,17-18,23,27H,3-10,13H2,1-2H3;8,10-12,15,17-18,23,25H,2-7,9,13H2,1H3;11,14,16-17,22H,4-10,12,20-21H2,1-3H3;10,13,15-16,21,23H,3-9,11,19-20H2,1-2H3/b;;;13-11-,18-15-;12-10-,17-14-/t;2*17-,18-;;15-,16-/m.11.1/s1. The van der Waals surface area contributed by atoms with E-state index in [4.69, 9.17) is 60.3 Å². The van der Waals surface area contributed by atoms with Gasteiger partial charge in [0, 0.05) is 176 Å². The molecule has 5 saturated carbocycles. The fraction of sp³-hybridized carbons (Fsp3) is 0.680. The number of aliphatic hydroxyl groups is 3.